The second-order valence-electron chi connectivity index (χ2n) is 5.92. The molecule has 0 spiro atoms. The average Bonchev–Trinajstić information content (AvgIpc) is 2.57. The molecule has 0 atom stereocenters. The number of hydrogen-bond acceptors (Lipinski definition) is 4. The molecule has 1 saturated heterocycles. The number of carbonyl (C=O) groups excluding carboxylic acids is 1. The predicted octanol–water partition coefficient (Wildman–Crippen LogP) is 2.01. The van der Waals surface area contributed by atoms with Crippen LogP contribution in [0.2, 0.25) is 0 Å². The highest BCUT2D eigenvalue weighted by Gasteiger charge is 2.14. The van der Waals surface area contributed by atoms with E-state index in [-0.39, 0.29) is 5.91 Å². The molecule has 0 saturated carbocycles. The van der Waals surface area contributed by atoms with Gasteiger partial charge in [-0.1, -0.05) is 6.07 Å². The highest BCUT2D eigenvalue weighted by Crippen LogP contribution is 2.19. The number of aromatic nitrogens is 1. The summed E-state index contributed by atoms with van der Waals surface area (Å²) in [6.07, 6.45) is 3.77. The largest absolute Gasteiger partial charge is 0.369 e. The zero-order valence-corrected chi connectivity index (χ0v) is 13.4. The number of likely N-dealkylation sites (N-methyl/N-ethyl adjacent to an activating group) is 1. The third-order valence-electron chi connectivity index (χ3n) is 4.11. The fourth-order valence-corrected chi connectivity index (χ4v) is 2.71. The van der Waals surface area contributed by atoms with Crippen LogP contribution in [-0.4, -0.2) is 49.0 Å². The molecule has 3 rings (SSSR count). The van der Waals surface area contributed by atoms with Crippen LogP contribution >= 0.6 is 0 Å². The number of pyridine rings is 1. The fraction of sp³-hybridized carbons (Fsp3) is 0.333. The first-order chi connectivity index (χ1) is 11.2. The maximum Gasteiger partial charge on any atom is 0.228 e. The first-order valence-electron chi connectivity index (χ1n) is 7.93. The number of amides is 1. The molecule has 0 aliphatic carbocycles. The molecule has 120 valence electrons. The fourth-order valence-electron chi connectivity index (χ4n) is 2.71. The van der Waals surface area contributed by atoms with E-state index in [9.17, 15) is 4.79 Å². The van der Waals surface area contributed by atoms with Crippen molar-refractivity contribution in [2.45, 2.75) is 6.42 Å². The van der Waals surface area contributed by atoms with Gasteiger partial charge >= 0.3 is 0 Å². The Morgan fingerprint density at radius 2 is 1.87 bits per heavy atom. The van der Waals surface area contributed by atoms with Crippen LogP contribution in [-0.2, 0) is 11.2 Å². The Balaban J connectivity index is 1.56. The summed E-state index contributed by atoms with van der Waals surface area (Å²) in [7, 11) is 2.15. The van der Waals surface area contributed by atoms with Crippen LogP contribution in [0.25, 0.3) is 0 Å². The Kier molecular flexibility index (Phi) is 4.88. The molecule has 23 heavy (non-hydrogen) atoms. The Hall–Kier alpha value is -2.40. The Labute approximate surface area is 136 Å². The molecule has 5 nitrogen and oxygen atoms in total. The average molecular weight is 310 g/mol. The molecule has 1 aliphatic rings. The summed E-state index contributed by atoms with van der Waals surface area (Å²) in [5.41, 5.74) is 2.96. The van der Waals surface area contributed by atoms with Crippen LogP contribution in [0.5, 0.6) is 0 Å². The Morgan fingerprint density at radius 1 is 1.13 bits per heavy atom. The van der Waals surface area contributed by atoms with Crippen molar-refractivity contribution in [2.75, 3.05) is 43.4 Å². The molecule has 1 fully saturated rings. The van der Waals surface area contributed by atoms with Crippen LogP contribution < -0.4 is 10.2 Å². The molecule has 0 radical (unpaired) electrons. The van der Waals surface area contributed by atoms with Gasteiger partial charge in [0.2, 0.25) is 5.91 Å². The van der Waals surface area contributed by atoms with Gasteiger partial charge in [0.25, 0.3) is 0 Å². The highest BCUT2D eigenvalue weighted by molar-refractivity contribution is 5.92. The van der Waals surface area contributed by atoms with Crippen molar-refractivity contribution in [3.63, 3.8) is 0 Å². The lowest BCUT2D eigenvalue weighted by molar-refractivity contribution is -0.115. The van der Waals surface area contributed by atoms with E-state index >= 15 is 0 Å². The molecule has 1 aliphatic heterocycles. The molecule has 5 heteroatoms. The van der Waals surface area contributed by atoms with Gasteiger partial charge in [-0.15, -0.1) is 0 Å². The maximum absolute atomic E-state index is 12.0. The first-order valence-corrected chi connectivity index (χ1v) is 7.93. The van der Waals surface area contributed by atoms with Crippen molar-refractivity contribution in [2.24, 2.45) is 0 Å². The van der Waals surface area contributed by atoms with E-state index < -0.39 is 0 Å². The molecule has 2 heterocycles. The van der Waals surface area contributed by atoms with Gasteiger partial charge in [0.05, 0.1) is 6.42 Å². The van der Waals surface area contributed by atoms with Gasteiger partial charge in [-0.2, -0.15) is 0 Å². The van der Waals surface area contributed by atoms with Crippen molar-refractivity contribution >= 4 is 17.3 Å². The molecule has 2 aromatic rings. The first kappa shape index (κ1) is 15.5. The van der Waals surface area contributed by atoms with Crippen molar-refractivity contribution < 1.29 is 4.79 Å². The van der Waals surface area contributed by atoms with Crippen LogP contribution in [0.4, 0.5) is 11.4 Å². The summed E-state index contributed by atoms with van der Waals surface area (Å²) in [6.45, 7) is 4.26. The smallest absolute Gasteiger partial charge is 0.228 e. The summed E-state index contributed by atoms with van der Waals surface area (Å²) in [5.74, 6) is -0.0228. The molecule has 1 amide bonds. The second kappa shape index (κ2) is 7.24. The van der Waals surface area contributed by atoms with Gasteiger partial charge in [0.15, 0.2) is 0 Å². The van der Waals surface area contributed by atoms with Crippen LogP contribution in [0.15, 0.2) is 48.8 Å². The van der Waals surface area contributed by atoms with Gasteiger partial charge in [0, 0.05) is 49.9 Å². The number of benzene rings is 1. The predicted molar refractivity (Wildman–Crippen MR) is 92.7 cm³/mol. The summed E-state index contributed by atoms with van der Waals surface area (Å²) in [4.78, 5) is 20.8. The molecular formula is C18H22N4O. The van der Waals surface area contributed by atoms with E-state index in [4.69, 9.17) is 0 Å². The highest BCUT2D eigenvalue weighted by atomic mass is 16.1. The third-order valence-corrected chi connectivity index (χ3v) is 4.11. The van der Waals surface area contributed by atoms with Crippen molar-refractivity contribution in [1.29, 1.82) is 0 Å². The molecule has 0 bridgehead atoms. The number of nitrogens with one attached hydrogen (secondary N) is 1. The molecular weight excluding hydrogens is 288 g/mol. The van der Waals surface area contributed by atoms with Crippen molar-refractivity contribution in [3.8, 4) is 0 Å². The van der Waals surface area contributed by atoms with E-state index in [1.54, 1.807) is 12.4 Å². The third kappa shape index (κ3) is 4.29. The monoisotopic (exact) mass is 310 g/mol. The van der Waals surface area contributed by atoms with Gasteiger partial charge in [-0.3, -0.25) is 9.78 Å². The lowest BCUT2D eigenvalue weighted by atomic mass is 10.2. The minimum absolute atomic E-state index is 0.0228. The Bertz CT molecular complexity index is 634. The normalized spacial score (nSPS) is 15.4. The van der Waals surface area contributed by atoms with Crippen LogP contribution in [0, 0.1) is 0 Å². The van der Waals surface area contributed by atoms with Crippen molar-refractivity contribution in [1.82, 2.24) is 9.88 Å². The minimum Gasteiger partial charge on any atom is -0.369 e. The summed E-state index contributed by atoms with van der Waals surface area (Å²) in [6, 6.07) is 11.8. The minimum atomic E-state index is -0.0228. The SMILES string of the molecule is CN1CCN(c2ccc(NC(=O)Cc3cccnc3)cc2)CC1. The van der Waals surface area contributed by atoms with E-state index in [0.29, 0.717) is 6.42 Å². The van der Waals surface area contributed by atoms with E-state index in [1.165, 1.54) is 5.69 Å². The van der Waals surface area contributed by atoms with E-state index in [1.807, 2.05) is 24.3 Å². The molecule has 1 N–H and O–H groups in total. The van der Waals surface area contributed by atoms with E-state index in [0.717, 1.165) is 37.4 Å². The van der Waals surface area contributed by atoms with Gasteiger partial charge in [0.1, 0.15) is 0 Å². The van der Waals surface area contributed by atoms with E-state index in [2.05, 4.69) is 39.3 Å². The molecule has 1 aromatic heterocycles. The molecule has 1 aromatic carbocycles. The summed E-state index contributed by atoms with van der Waals surface area (Å²) >= 11 is 0. The topological polar surface area (TPSA) is 48.5 Å². The van der Waals surface area contributed by atoms with Gasteiger partial charge in [-0.25, -0.2) is 0 Å². The quantitative estimate of drug-likeness (QED) is 0.938. The number of hydrogen-bond donors (Lipinski definition) is 1. The number of carbonyl (C=O) groups is 1. The summed E-state index contributed by atoms with van der Waals surface area (Å²) < 4.78 is 0. The summed E-state index contributed by atoms with van der Waals surface area (Å²) in [5, 5.41) is 2.93. The maximum atomic E-state index is 12.0. The molecule has 0 unspecified atom stereocenters. The van der Waals surface area contributed by atoms with Gasteiger partial charge < -0.3 is 15.1 Å². The Morgan fingerprint density at radius 3 is 2.52 bits per heavy atom. The zero-order chi connectivity index (χ0) is 16.1. The van der Waals surface area contributed by atoms with Crippen molar-refractivity contribution in [3.05, 3.63) is 54.4 Å². The van der Waals surface area contributed by atoms with Gasteiger partial charge in [-0.05, 0) is 42.9 Å². The zero-order valence-electron chi connectivity index (χ0n) is 13.4. The number of piperazine rings is 1. The lowest BCUT2D eigenvalue weighted by Gasteiger charge is -2.34. The second-order valence-corrected chi connectivity index (χ2v) is 5.92. The van der Waals surface area contributed by atoms with Crippen LogP contribution in [0.3, 0.4) is 0 Å². The number of anilines is 2. The number of nitrogens with zero attached hydrogens (tertiary/aromatic N) is 3. The number of rotatable bonds is 4. The van der Waals surface area contributed by atoms with Crippen LogP contribution in [0.1, 0.15) is 5.56 Å². The lowest BCUT2D eigenvalue weighted by Crippen LogP contribution is -2.44. The standard InChI is InChI=1S/C18H22N4O/c1-21-9-11-22(12-10-21)17-6-4-16(5-7-17)20-18(23)13-15-3-2-8-19-14-15/h2-8,14H,9-13H2,1H3,(H,20,23).